The van der Waals surface area contributed by atoms with Gasteiger partial charge in [-0.1, -0.05) is 12.1 Å². The molecule has 0 radical (unpaired) electrons. The Morgan fingerprint density at radius 1 is 1.18 bits per heavy atom. The van der Waals surface area contributed by atoms with Crippen molar-refractivity contribution < 1.29 is 4.42 Å². The number of hydrogen-bond acceptors (Lipinski definition) is 6. The van der Waals surface area contributed by atoms with Crippen LogP contribution in [-0.2, 0) is 0 Å². The molecule has 0 amide bonds. The number of fused-ring (bicyclic) bond motifs is 3. The van der Waals surface area contributed by atoms with Crippen molar-refractivity contribution in [3.63, 3.8) is 0 Å². The van der Waals surface area contributed by atoms with Gasteiger partial charge in [0.15, 0.2) is 0 Å². The van der Waals surface area contributed by atoms with Crippen LogP contribution in [0.25, 0.3) is 33.6 Å². The largest absolute Gasteiger partial charge is 0.430 e. The molecule has 0 saturated carbocycles. The van der Waals surface area contributed by atoms with E-state index in [1.165, 1.54) is 0 Å². The second-order valence-corrected chi connectivity index (χ2v) is 4.69. The maximum absolute atomic E-state index is 12.2. The fourth-order valence-electron chi connectivity index (χ4n) is 2.34. The number of hydrogen-bond donors (Lipinski definition) is 1. The number of nitroso groups, excluding NO2 is 1. The number of nitrogens with one attached hydrogen (secondary N) is 1. The molecule has 22 heavy (non-hydrogen) atoms. The number of pyridine rings is 1. The summed E-state index contributed by atoms with van der Waals surface area (Å²) in [7, 11) is 0. The van der Waals surface area contributed by atoms with Gasteiger partial charge in [-0.3, -0.25) is 4.79 Å². The molecule has 4 rings (SSSR count). The molecule has 0 fully saturated rings. The molecule has 0 aliphatic carbocycles. The zero-order chi connectivity index (χ0) is 15.1. The molecule has 1 aromatic carbocycles. The molecule has 0 aliphatic heterocycles. The Balaban J connectivity index is 2.05. The van der Waals surface area contributed by atoms with Crippen molar-refractivity contribution in [1.29, 1.82) is 0 Å². The molecule has 3 heterocycles. The van der Waals surface area contributed by atoms with E-state index in [1.54, 1.807) is 42.6 Å². The highest BCUT2D eigenvalue weighted by atomic mass is 16.3. The quantitative estimate of drug-likeness (QED) is 0.572. The number of rotatable bonds is 2. The smallest absolute Gasteiger partial charge is 0.294 e. The molecule has 7 nitrogen and oxygen atoms in total. The number of aromatic nitrogens is 3. The molecule has 0 bridgehead atoms. The molecule has 4 aromatic rings. The minimum atomic E-state index is -0.400. The molecule has 0 unspecified atom stereocenters. The summed E-state index contributed by atoms with van der Waals surface area (Å²) in [5.41, 5.74) is 1.38. The Morgan fingerprint density at radius 3 is 2.95 bits per heavy atom. The average molecular weight is 292 g/mol. The van der Waals surface area contributed by atoms with Crippen LogP contribution >= 0.6 is 0 Å². The van der Waals surface area contributed by atoms with Crippen LogP contribution in [0.5, 0.6) is 0 Å². The van der Waals surface area contributed by atoms with Crippen LogP contribution in [0.4, 0.5) is 5.69 Å². The summed E-state index contributed by atoms with van der Waals surface area (Å²) in [6, 6.07) is 10.1. The van der Waals surface area contributed by atoms with E-state index in [0.717, 1.165) is 0 Å². The number of furan rings is 1. The topological polar surface area (TPSA) is 101 Å². The Bertz CT molecular complexity index is 1080. The van der Waals surface area contributed by atoms with Crippen LogP contribution in [0.1, 0.15) is 0 Å². The average Bonchev–Trinajstić information content (AvgIpc) is 2.94. The van der Waals surface area contributed by atoms with Crippen LogP contribution in [-0.4, -0.2) is 15.0 Å². The van der Waals surface area contributed by atoms with Crippen LogP contribution < -0.4 is 5.56 Å². The zero-order valence-corrected chi connectivity index (χ0v) is 11.1. The summed E-state index contributed by atoms with van der Waals surface area (Å²) in [6.45, 7) is 0. The van der Waals surface area contributed by atoms with Gasteiger partial charge in [0.05, 0.1) is 5.39 Å². The maximum Gasteiger partial charge on any atom is 0.294 e. The SMILES string of the molecule is O=Nc1cccc(-c2nc3c(oc4ncccc43)c(=O)[nH]2)c1. The first-order valence-electron chi connectivity index (χ1n) is 6.47. The van der Waals surface area contributed by atoms with Gasteiger partial charge in [0.1, 0.15) is 17.0 Å². The molecule has 0 aliphatic rings. The lowest BCUT2D eigenvalue weighted by Crippen LogP contribution is -2.08. The van der Waals surface area contributed by atoms with Crippen molar-refractivity contribution in [2.45, 2.75) is 0 Å². The van der Waals surface area contributed by atoms with E-state index in [4.69, 9.17) is 4.42 Å². The van der Waals surface area contributed by atoms with Crippen LogP contribution in [0, 0.1) is 4.91 Å². The zero-order valence-electron chi connectivity index (χ0n) is 11.1. The molecule has 106 valence electrons. The van der Waals surface area contributed by atoms with Crippen molar-refractivity contribution in [1.82, 2.24) is 15.0 Å². The molecule has 1 N–H and O–H groups in total. The predicted octanol–water partition coefficient (Wildman–Crippen LogP) is 3.13. The van der Waals surface area contributed by atoms with Crippen molar-refractivity contribution in [2.75, 3.05) is 0 Å². The molecular weight excluding hydrogens is 284 g/mol. The van der Waals surface area contributed by atoms with Gasteiger partial charge in [-0.25, -0.2) is 9.97 Å². The first-order chi connectivity index (χ1) is 10.8. The van der Waals surface area contributed by atoms with Gasteiger partial charge in [-0.05, 0) is 29.4 Å². The fourth-order valence-corrected chi connectivity index (χ4v) is 2.34. The van der Waals surface area contributed by atoms with Crippen molar-refractivity contribution in [3.8, 4) is 11.4 Å². The van der Waals surface area contributed by atoms with E-state index in [0.29, 0.717) is 28.0 Å². The van der Waals surface area contributed by atoms with Crippen LogP contribution in [0.2, 0.25) is 0 Å². The number of benzene rings is 1. The van der Waals surface area contributed by atoms with E-state index < -0.39 is 5.56 Å². The number of aromatic amines is 1. The molecular formula is C15H8N4O3. The Kier molecular flexibility index (Phi) is 2.59. The minimum absolute atomic E-state index is 0.127. The normalized spacial score (nSPS) is 11.1. The summed E-state index contributed by atoms with van der Waals surface area (Å²) in [4.78, 5) is 34.0. The third kappa shape index (κ3) is 1.80. The highest BCUT2D eigenvalue weighted by Crippen LogP contribution is 2.26. The van der Waals surface area contributed by atoms with Gasteiger partial charge in [0.25, 0.3) is 5.56 Å². The Labute approximate surface area is 122 Å². The van der Waals surface area contributed by atoms with Gasteiger partial charge in [0, 0.05) is 11.8 Å². The summed E-state index contributed by atoms with van der Waals surface area (Å²) in [5, 5.41) is 3.54. The molecule has 7 heteroatoms. The van der Waals surface area contributed by atoms with E-state index >= 15 is 0 Å². The Morgan fingerprint density at radius 2 is 2.09 bits per heavy atom. The summed E-state index contributed by atoms with van der Waals surface area (Å²) in [6.07, 6.45) is 1.58. The second-order valence-electron chi connectivity index (χ2n) is 4.69. The highest BCUT2D eigenvalue weighted by Gasteiger charge is 2.14. The van der Waals surface area contributed by atoms with Crippen molar-refractivity contribution >= 4 is 27.9 Å². The van der Waals surface area contributed by atoms with E-state index in [2.05, 4.69) is 20.1 Å². The number of H-pyrrole nitrogens is 1. The van der Waals surface area contributed by atoms with E-state index in [9.17, 15) is 9.70 Å². The summed E-state index contributed by atoms with van der Waals surface area (Å²) in [5.74, 6) is 0.342. The second kappa shape index (κ2) is 4.59. The maximum atomic E-state index is 12.2. The molecule has 3 aromatic heterocycles. The first-order valence-corrected chi connectivity index (χ1v) is 6.47. The standard InChI is InChI=1S/C15H8N4O3/c20-14-12-11(10-5-2-6-16-15(10)22-12)17-13(18-14)8-3-1-4-9(7-8)19-21/h1-7H,(H,17,18,20). The van der Waals surface area contributed by atoms with E-state index in [1.807, 2.05) is 0 Å². The lowest BCUT2D eigenvalue weighted by atomic mass is 10.2. The third-order valence-corrected chi connectivity index (χ3v) is 3.33. The van der Waals surface area contributed by atoms with Gasteiger partial charge >= 0.3 is 0 Å². The minimum Gasteiger partial charge on any atom is -0.430 e. The monoisotopic (exact) mass is 292 g/mol. The van der Waals surface area contributed by atoms with Gasteiger partial charge < -0.3 is 9.40 Å². The highest BCUT2D eigenvalue weighted by molar-refractivity contribution is 6.00. The summed E-state index contributed by atoms with van der Waals surface area (Å²) >= 11 is 0. The number of nitrogens with zero attached hydrogens (tertiary/aromatic N) is 3. The van der Waals surface area contributed by atoms with Gasteiger partial charge in [-0.15, -0.1) is 4.91 Å². The van der Waals surface area contributed by atoms with Gasteiger partial charge in [-0.2, -0.15) is 0 Å². The van der Waals surface area contributed by atoms with Crippen molar-refractivity contribution in [2.24, 2.45) is 5.18 Å². The van der Waals surface area contributed by atoms with Crippen molar-refractivity contribution in [3.05, 3.63) is 57.9 Å². The molecule has 0 saturated heterocycles. The Hall–Kier alpha value is -3.35. The molecule has 0 spiro atoms. The fraction of sp³-hybridized carbons (Fsp3) is 0. The first kappa shape index (κ1) is 12.4. The van der Waals surface area contributed by atoms with Gasteiger partial charge in [0.2, 0.25) is 11.3 Å². The van der Waals surface area contributed by atoms with Crippen LogP contribution in [0.3, 0.4) is 0 Å². The van der Waals surface area contributed by atoms with E-state index in [-0.39, 0.29) is 11.3 Å². The third-order valence-electron chi connectivity index (χ3n) is 3.33. The van der Waals surface area contributed by atoms with Crippen LogP contribution in [0.15, 0.2) is 57.0 Å². The lowest BCUT2D eigenvalue weighted by Gasteiger charge is -2.00. The predicted molar refractivity (Wildman–Crippen MR) is 80.8 cm³/mol. The molecule has 0 atom stereocenters. The summed E-state index contributed by atoms with van der Waals surface area (Å²) < 4.78 is 5.43. The lowest BCUT2D eigenvalue weighted by molar-refractivity contribution is 0.647.